The highest BCUT2D eigenvalue weighted by molar-refractivity contribution is 5.90. The first kappa shape index (κ1) is 28.2. The van der Waals surface area contributed by atoms with Crippen LogP contribution in [0.1, 0.15) is 43.9 Å². The molecule has 0 saturated carbocycles. The van der Waals surface area contributed by atoms with Crippen molar-refractivity contribution in [3.8, 4) is 16.9 Å². The first-order chi connectivity index (χ1) is 20.6. The zero-order valence-electron chi connectivity index (χ0n) is 24.6. The lowest BCUT2D eigenvalue weighted by Gasteiger charge is -2.41. The van der Waals surface area contributed by atoms with Crippen LogP contribution >= 0.6 is 0 Å². The maximum Gasteiger partial charge on any atom is 0.410 e. The number of benzene rings is 2. The van der Waals surface area contributed by atoms with Gasteiger partial charge >= 0.3 is 6.09 Å². The highest BCUT2D eigenvalue weighted by Crippen LogP contribution is 2.30. The van der Waals surface area contributed by atoms with Gasteiger partial charge < -0.3 is 24.5 Å². The van der Waals surface area contributed by atoms with Gasteiger partial charge in [-0.3, -0.25) is 4.79 Å². The van der Waals surface area contributed by atoms with Gasteiger partial charge in [-0.2, -0.15) is 5.10 Å². The molecule has 0 bridgehead atoms. The van der Waals surface area contributed by atoms with E-state index in [0.29, 0.717) is 24.3 Å². The van der Waals surface area contributed by atoms with E-state index in [9.17, 15) is 14.0 Å². The maximum atomic E-state index is 14.1. The summed E-state index contributed by atoms with van der Waals surface area (Å²) in [7, 11) is 0. The van der Waals surface area contributed by atoms with E-state index in [1.165, 1.54) is 12.1 Å². The van der Waals surface area contributed by atoms with Gasteiger partial charge in [0, 0.05) is 42.1 Å². The lowest BCUT2D eigenvalue weighted by molar-refractivity contribution is -0.135. The molecule has 5 aromatic rings. The largest absolute Gasteiger partial charge is 0.444 e. The van der Waals surface area contributed by atoms with Gasteiger partial charge in [-0.1, -0.05) is 12.1 Å². The Morgan fingerprint density at radius 3 is 2.60 bits per heavy atom. The molecule has 0 spiro atoms. The smallest absolute Gasteiger partial charge is 0.410 e. The Morgan fingerprint density at radius 2 is 1.88 bits per heavy atom. The molecular weight excluding hydrogens is 549 g/mol. The summed E-state index contributed by atoms with van der Waals surface area (Å²) in [6.07, 6.45) is 4.99. The molecule has 2 aromatic carbocycles. The van der Waals surface area contributed by atoms with E-state index in [1.54, 1.807) is 32.9 Å². The number of rotatable bonds is 5. The van der Waals surface area contributed by atoms with Gasteiger partial charge in [-0.15, -0.1) is 0 Å². The van der Waals surface area contributed by atoms with Crippen LogP contribution in [-0.2, 0) is 16.0 Å². The minimum atomic E-state index is -0.651. The second kappa shape index (κ2) is 11.0. The number of aromatic nitrogens is 5. The molecule has 4 heterocycles. The number of hydrogen-bond donors (Lipinski definition) is 2. The molecule has 2 amide bonds. The van der Waals surface area contributed by atoms with Crippen molar-refractivity contribution < 1.29 is 18.7 Å². The number of nitrogens with zero attached hydrogens (tertiary/aromatic N) is 5. The Morgan fingerprint density at radius 1 is 1.09 bits per heavy atom. The summed E-state index contributed by atoms with van der Waals surface area (Å²) in [5.41, 5.74) is 4.33. The van der Waals surface area contributed by atoms with Crippen molar-refractivity contribution in [3.63, 3.8) is 0 Å². The average molecular weight is 584 g/mol. The number of nitrogens with one attached hydrogen (secondary N) is 2. The number of H-pyrrole nitrogens is 2. The number of fused-ring (bicyclic) bond motifs is 1. The molecule has 43 heavy (non-hydrogen) atoms. The van der Waals surface area contributed by atoms with Crippen LogP contribution in [-0.4, -0.2) is 71.8 Å². The zero-order chi connectivity index (χ0) is 30.3. The van der Waals surface area contributed by atoms with Crippen LogP contribution in [0, 0.1) is 12.7 Å². The molecule has 6 rings (SSSR count). The number of carbonyl (C=O) groups is 2. The van der Waals surface area contributed by atoms with Gasteiger partial charge in [0.2, 0.25) is 5.91 Å². The third kappa shape index (κ3) is 5.88. The van der Waals surface area contributed by atoms with Crippen LogP contribution in [0.5, 0.6) is 0 Å². The molecule has 1 atom stereocenters. The van der Waals surface area contributed by atoms with Crippen LogP contribution in [0.15, 0.2) is 67.1 Å². The number of ether oxygens (including phenoxy) is 1. The van der Waals surface area contributed by atoms with Crippen molar-refractivity contribution in [2.24, 2.45) is 0 Å². The minimum Gasteiger partial charge on any atom is -0.444 e. The minimum absolute atomic E-state index is 0.0840. The molecule has 1 unspecified atom stereocenters. The van der Waals surface area contributed by atoms with Crippen LogP contribution < -0.4 is 0 Å². The molecule has 11 heteroatoms. The Kier molecular flexibility index (Phi) is 7.25. The van der Waals surface area contributed by atoms with Gasteiger partial charge in [0.05, 0.1) is 30.5 Å². The van der Waals surface area contributed by atoms with E-state index < -0.39 is 17.7 Å². The molecule has 222 valence electrons. The second-order valence-corrected chi connectivity index (χ2v) is 11.8. The van der Waals surface area contributed by atoms with Crippen molar-refractivity contribution in [1.29, 1.82) is 0 Å². The predicted molar refractivity (Wildman–Crippen MR) is 160 cm³/mol. The fourth-order valence-electron chi connectivity index (χ4n) is 5.51. The summed E-state index contributed by atoms with van der Waals surface area (Å²) in [4.78, 5) is 41.6. The number of aryl methyl sites for hydroxylation is 1. The van der Waals surface area contributed by atoms with Crippen molar-refractivity contribution in [2.75, 3.05) is 19.6 Å². The van der Waals surface area contributed by atoms with Crippen LogP contribution in [0.3, 0.4) is 0 Å². The standard InChI is InChI=1S/C32H34FN7O3/c1-20-24(25-16-22(33)8-11-26(25)36-20)17-29(41)39-15-14-38(31(42)43-32(2,3)4)19-28(39)30-34-18-27(37-30)21-6-9-23(10-7-21)40-13-5-12-35-40/h5-13,16,18,28,36H,14-15,17,19H2,1-4H3,(H,34,37). The van der Waals surface area contributed by atoms with Gasteiger partial charge in [-0.25, -0.2) is 18.9 Å². The van der Waals surface area contributed by atoms with E-state index in [1.807, 2.05) is 64.2 Å². The molecule has 2 N–H and O–H groups in total. The maximum absolute atomic E-state index is 14.1. The monoisotopic (exact) mass is 583 g/mol. The number of halogens is 1. The molecule has 3 aromatic heterocycles. The van der Waals surface area contributed by atoms with E-state index in [2.05, 4.69) is 20.1 Å². The quantitative estimate of drug-likeness (QED) is 0.282. The highest BCUT2D eigenvalue weighted by atomic mass is 19.1. The summed E-state index contributed by atoms with van der Waals surface area (Å²) in [5, 5.41) is 4.96. The Hall–Kier alpha value is -4.93. The van der Waals surface area contributed by atoms with Crippen molar-refractivity contribution in [3.05, 3.63) is 90.0 Å². The van der Waals surface area contributed by atoms with Gasteiger partial charge in [0.15, 0.2) is 0 Å². The first-order valence-corrected chi connectivity index (χ1v) is 14.3. The SMILES string of the molecule is Cc1[nH]c2ccc(F)cc2c1CC(=O)N1CCN(C(=O)OC(C)(C)C)CC1c1ncc(-c2ccc(-n3cccn3)cc2)[nH]1. The number of amides is 2. The fourth-order valence-corrected chi connectivity index (χ4v) is 5.51. The number of aromatic amines is 2. The summed E-state index contributed by atoms with van der Waals surface area (Å²) >= 11 is 0. The highest BCUT2D eigenvalue weighted by Gasteiger charge is 2.37. The third-order valence-corrected chi connectivity index (χ3v) is 7.62. The van der Waals surface area contributed by atoms with Crippen molar-refractivity contribution in [2.45, 2.75) is 45.8 Å². The number of hydrogen-bond acceptors (Lipinski definition) is 5. The van der Waals surface area contributed by atoms with E-state index in [4.69, 9.17) is 4.74 Å². The molecule has 10 nitrogen and oxygen atoms in total. The number of imidazole rings is 1. The van der Waals surface area contributed by atoms with Crippen molar-refractivity contribution >= 4 is 22.9 Å². The van der Waals surface area contributed by atoms with Crippen LogP contribution in [0.4, 0.5) is 9.18 Å². The lowest BCUT2D eigenvalue weighted by Crippen LogP contribution is -2.53. The van der Waals surface area contributed by atoms with Gasteiger partial charge in [-0.05, 0) is 75.2 Å². The van der Waals surface area contributed by atoms with Crippen LogP contribution in [0.2, 0.25) is 0 Å². The number of carbonyl (C=O) groups excluding carboxylic acids is 2. The van der Waals surface area contributed by atoms with E-state index in [-0.39, 0.29) is 24.7 Å². The molecule has 0 aliphatic carbocycles. The zero-order valence-corrected chi connectivity index (χ0v) is 24.6. The predicted octanol–water partition coefficient (Wildman–Crippen LogP) is 5.55. The van der Waals surface area contributed by atoms with E-state index >= 15 is 0 Å². The molecule has 1 aliphatic heterocycles. The lowest BCUT2D eigenvalue weighted by atomic mass is 10.0. The average Bonchev–Trinajstić information content (AvgIpc) is 3.74. The normalized spacial score (nSPS) is 15.7. The summed E-state index contributed by atoms with van der Waals surface area (Å²) < 4.78 is 21.5. The molecule has 1 fully saturated rings. The Labute approximate surface area is 248 Å². The molecular formula is C32H34FN7O3. The van der Waals surface area contributed by atoms with Gasteiger partial charge in [0.25, 0.3) is 0 Å². The Bertz CT molecular complexity index is 1770. The van der Waals surface area contributed by atoms with E-state index in [0.717, 1.165) is 33.7 Å². The summed E-state index contributed by atoms with van der Waals surface area (Å²) in [6, 6.07) is 13.8. The van der Waals surface area contributed by atoms with Crippen LogP contribution in [0.25, 0.3) is 27.8 Å². The third-order valence-electron chi connectivity index (χ3n) is 7.62. The summed E-state index contributed by atoms with van der Waals surface area (Å²) in [6.45, 7) is 8.19. The topological polar surface area (TPSA) is 112 Å². The van der Waals surface area contributed by atoms with Gasteiger partial charge in [0.1, 0.15) is 23.3 Å². The Balaban J connectivity index is 1.28. The molecule has 1 aliphatic rings. The summed E-state index contributed by atoms with van der Waals surface area (Å²) in [5.74, 6) is 0.0721. The fraction of sp³-hybridized carbons (Fsp3) is 0.312. The first-order valence-electron chi connectivity index (χ1n) is 14.3. The number of piperazine rings is 1. The second-order valence-electron chi connectivity index (χ2n) is 11.8. The van der Waals surface area contributed by atoms with Crippen molar-refractivity contribution in [1.82, 2.24) is 34.5 Å². The molecule has 1 saturated heterocycles. The molecule has 0 radical (unpaired) electrons.